The van der Waals surface area contributed by atoms with Gasteiger partial charge in [0.15, 0.2) is 0 Å². The number of rotatable bonds is 6. The number of imidazole rings is 1. The normalized spacial score (nSPS) is 15.1. The molecule has 1 saturated heterocycles. The minimum atomic E-state index is -5.08. The molecule has 0 aliphatic carbocycles. The Balaban J connectivity index is 0.000000451. The number of ether oxygens (including phenoxy) is 1. The van der Waals surface area contributed by atoms with Gasteiger partial charge in [-0.15, -0.1) is 0 Å². The van der Waals surface area contributed by atoms with Crippen LogP contribution in [0.5, 0.6) is 0 Å². The average molecular weight is 457 g/mol. The van der Waals surface area contributed by atoms with Gasteiger partial charge in [0.25, 0.3) is 0 Å². The SMILES string of the molecule is CC(C)(C)c1ncc(CN(CCC2CCOCC2)c2ncccn2)[nH]1.O=C(O)C(F)(F)F. The maximum absolute atomic E-state index is 10.6. The van der Waals surface area contributed by atoms with Crippen LogP contribution in [0.25, 0.3) is 0 Å². The van der Waals surface area contributed by atoms with E-state index in [2.05, 4.69) is 45.6 Å². The highest BCUT2D eigenvalue weighted by atomic mass is 19.4. The highest BCUT2D eigenvalue weighted by molar-refractivity contribution is 5.73. The fourth-order valence-electron chi connectivity index (χ4n) is 3.10. The molecule has 2 N–H and O–H groups in total. The topological polar surface area (TPSA) is 104 Å². The van der Waals surface area contributed by atoms with Gasteiger partial charge in [0.1, 0.15) is 5.82 Å². The van der Waals surface area contributed by atoms with Gasteiger partial charge < -0.3 is 19.7 Å². The molecule has 178 valence electrons. The molecule has 0 bridgehead atoms. The van der Waals surface area contributed by atoms with E-state index in [0.717, 1.165) is 69.0 Å². The van der Waals surface area contributed by atoms with Gasteiger partial charge in [0.2, 0.25) is 5.95 Å². The Labute approximate surface area is 185 Å². The fraction of sp³-hybridized carbons (Fsp3) is 0.619. The molecule has 0 spiro atoms. The van der Waals surface area contributed by atoms with E-state index in [1.165, 1.54) is 0 Å². The number of nitrogens with one attached hydrogen (secondary N) is 1. The lowest BCUT2D eigenvalue weighted by Crippen LogP contribution is -2.29. The molecule has 8 nitrogen and oxygen atoms in total. The van der Waals surface area contributed by atoms with Crippen molar-refractivity contribution >= 4 is 11.9 Å². The second kappa shape index (κ2) is 11.3. The first-order chi connectivity index (χ1) is 15.0. The van der Waals surface area contributed by atoms with E-state index >= 15 is 0 Å². The molecule has 1 aliphatic rings. The van der Waals surface area contributed by atoms with Crippen molar-refractivity contribution in [2.75, 3.05) is 24.7 Å². The number of carboxylic acid groups (broad SMARTS) is 1. The molecule has 2 aromatic rings. The Hall–Kier alpha value is -2.69. The van der Waals surface area contributed by atoms with E-state index in [1.807, 2.05) is 12.3 Å². The fourth-order valence-corrected chi connectivity index (χ4v) is 3.10. The van der Waals surface area contributed by atoms with Crippen LogP contribution in [0.1, 0.15) is 51.6 Å². The number of halogens is 3. The van der Waals surface area contributed by atoms with Crippen LogP contribution in [0, 0.1) is 5.92 Å². The quantitative estimate of drug-likeness (QED) is 0.677. The first-order valence-electron chi connectivity index (χ1n) is 10.4. The minimum absolute atomic E-state index is 0.0222. The summed E-state index contributed by atoms with van der Waals surface area (Å²) in [6.07, 6.45) is 3.91. The molecular weight excluding hydrogens is 427 g/mol. The number of nitrogens with zero attached hydrogens (tertiary/aromatic N) is 4. The lowest BCUT2D eigenvalue weighted by atomic mass is 9.96. The standard InChI is InChI=1S/C19H29N5O.C2HF3O2/c1-19(2,3)17-22-13-16(23-17)14-24(18-20-8-4-9-21-18)10-5-15-6-11-25-12-7-15;3-2(4,5)1(6)7/h4,8-9,13,15H,5-7,10-12,14H2,1-3H3,(H,22,23);(H,6,7). The number of carbonyl (C=O) groups is 1. The van der Waals surface area contributed by atoms with Crippen LogP contribution in [0.2, 0.25) is 0 Å². The van der Waals surface area contributed by atoms with E-state index in [4.69, 9.17) is 14.6 Å². The number of aromatic nitrogens is 4. The van der Waals surface area contributed by atoms with Crippen LogP contribution in [0.3, 0.4) is 0 Å². The third-order valence-electron chi connectivity index (χ3n) is 4.93. The highest BCUT2D eigenvalue weighted by Crippen LogP contribution is 2.22. The molecule has 3 rings (SSSR count). The third kappa shape index (κ3) is 8.45. The second-order valence-electron chi connectivity index (χ2n) is 8.62. The van der Waals surface area contributed by atoms with E-state index in [0.29, 0.717) is 0 Å². The first kappa shape index (κ1) is 25.6. The maximum Gasteiger partial charge on any atom is 0.490 e. The zero-order valence-electron chi connectivity index (χ0n) is 18.5. The van der Waals surface area contributed by atoms with Crippen LogP contribution in [-0.2, 0) is 21.5 Å². The smallest absolute Gasteiger partial charge is 0.475 e. The van der Waals surface area contributed by atoms with Crippen molar-refractivity contribution in [3.8, 4) is 0 Å². The number of alkyl halides is 3. The van der Waals surface area contributed by atoms with Crippen LogP contribution >= 0.6 is 0 Å². The van der Waals surface area contributed by atoms with Crippen molar-refractivity contribution in [3.63, 3.8) is 0 Å². The summed E-state index contributed by atoms with van der Waals surface area (Å²) in [6, 6.07) is 1.86. The Bertz CT molecular complexity index is 831. The number of carboxylic acids is 1. The van der Waals surface area contributed by atoms with Gasteiger partial charge >= 0.3 is 12.1 Å². The van der Waals surface area contributed by atoms with Crippen molar-refractivity contribution in [2.45, 2.75) is 58.2 Å². The largest absolute Gasteiger partial charge is 0.490 e. The first-order valence-corrected chi connectivity index (χ1v) is 10.4. The summed E-state index contributed by atoms with van der Waals surface area (Å²) < 4.78 is 37.2. The molecule has 0 radical (unpaired) electrons. The minimum Gasteiger partial charge on any atom is -0.475 e. The van der Waals surface area contributed by atoms with Crippen LogP contribution in [0.4, 0.5) is 19.1 Å². The predicted octanol–water partition coefficient (Wildman–Crippen LogP) is 3.95. The Morgan fingerprint density at radius 1 is 1.19 bits per heavy atom. The van der Waals surface area contributed by atoms with E-state index in [1.54, 1.807) is 12.4 Å². The molecule has 1 fully saturated rings. The average Bonchev–Trinajstić information content (AvgIpc) is 3.21. The van der Waals surface area contributed by atoms with Crippen molar-refractivity contribution in [1.82, 2.24) is 19.9 Å². The Morgan fingerprint density at radius 3 is 2.28 bits per heavy atom. The molecule has 0 aromatic carbocycles. The number of hydrogen-bond acceptors (Lipinski definition) is 6. The van der Waals surface area contributed by atoms with E-state index < -0.39 is 12.1 Å². The number of aliphatic carboxylic acids is 1. The summed E-state index contributed by atoms with van der Waals surface area (Å²) in [6.45, 7) is 9.97. The molecule has 11 heteroatoms. The molecule has 0 unspecified atom stereocenters. The predicted molar refractivity (Wildman–Crippen MR) is 112 cm³/mol. The van der Waals surface area contributed by atoms with Crippen molar-refractivity contribution in [3.05, 3.63) is 36.2 Å². The summed E-state index contributed by atoms with van der Waals surface area (Å²) in [5.74, 6) is -0.235. The number of anilines is 1. The molecular formula is C21H30F3N5O3. The highest BCUT2D eigenvalue weighted by Gasteiger charge is 2.38. The van der Waals surface area contributed by atoms with Crippen molar-refractivity contribution in [1.29, 1.82) is 0 Å². The zero-order chi connectivity index (χ0) is 23.8. The number of hydrogen-bond donors (Lipinski definition) is 2. The van der Waals surface area contributed by atoms with Crippen LogP contribution in [0.15, 0.2) is 24.7 Å². The van der Waals surface area contributed by atoms with Gasteiger partial charge in [-0.1, -0.05) is 20.8 Å². The molecule has 32 heavy (non-hydrogen) atoms. The molecule has 1 aliphatic heterocycles. The van der Waals surface area contributed by atoms with Gasteiger partial charge in [0, 0.05) is 37.6 Å². The Morgan fingerprint density at radius 2 is 1.78 bits per heavy atom. The summed E-state index contributed by atoms with van der Waals surface area (Å²) in [7, 11) is 0. The van der Waals surface area contributed by atoms with Crippen molar-refractivity contribution < 1.29 is 27.8 Å². The van der Waals surface area contributed by atoms with Gasteiger partial charge in [-0.3, -0.25) is 0 Å². The zero-order valence-corrected chi connectivity index (χ0v) is 18.5. The van der Waals surface area contributed by atoms with Gasteiger partial charge in [-0.05, 0) is 31.2 Å². The molecule has 0 atom stereocenters. The number of H-pyrrole nitrogens is 1. The molecule has 3 heterocycles. The summed E-state index contributed by atoms with van der Waals surface area (Å²) >= 11 is 0. The van der Waals surface area contributed by atoms with Gasteiger partial charge in [-0.25, -0.2) is 19.7 Å². The molecule has 2 aromatic heterocycles. The lowest BCUT2D eigenvalue weighted by molar-refractivity contribution is -0.192. The van der Waals surface area contributed by atoms with Gasteiger partial charge in [0.05, 0.1) is 18.4 Å². The summed E-state index contributed by atoms with van der Waals surface area (Å²) in [5, 5.41) is 7.12. The van der Waals surface area contributed by atoms with Gasteiger partial charge in [-0.2, -0.15) is 13.2 Å². The maximum atomic E-state index is 10.6. The summed E-state index contributed by atoms with van der Waals surface area (Å²) in [4.78, 5) is 28.0. The van der Waals surface area contributed by atoms with E-state index in [-0.39, 0.29) is 5.41 Å². The van der Waals surface area contributed by atoms with Crippen LogP contribution < -0.4 is 4.90 Å². The number of aromatic amines is 1. The van der Waals surface area contributed by atoms with Crippen molar-refractivity contribution in [2.24, 2.45) is 5.92 Å². The van der Waals surface area contributed by atoms with E-state index in [9.17, 15) is 13.2 Å². The lowest BCUT2D eigenvalue weighted by Gasteiger charge is -2.27. The third-order valence-corrected chi connectivity index (χ3v) is 4.93. The molecule has 0 saturated carbocycles. The second-order valence-corrected chi connectivity index (χ2v) is 8.62. The Kier molecular flexibility index (Phi) is 8.99. The van der Waals surface area contributed by atoms with Crippen LogP contribution in [-0.4, -0.2) is 56.9 Å². The molecule has 0 amide bonds. The monoisotopic (exact) mass is 457 g/mol. The summed E-state index contributed by atoms with van der Waals surface area (Å²) in [5.41, 5.74) is 1.12.